The zero-order valence-corrected chi connectivity index (χ0v) is 9.71. The fourth-order valence-electron chi connectivity index (χ4n) is 0.851. The van der Waals surface area contributed by atoms with Crippen LogP contribution in [0.25, 0.3) is 0 Å². The van der Waals surface area contributed by atoms with Crippen molar-refractivity contribution < 1.29 is 9.90 Å². The van der Waals surface area contributed by atoms with Crippen LogP contribution in [0, 0.1) is 24.2 Å². The van der Waals surface area contributed by atoms with Crippen LogP contribution in [0.15, 0.2) is 0 Å². The standard InChI is InChI=1S/C9H15NO2.C3H4/c1-3-6-9(12)10(4-2)7-5-8-11;1-3-2/h11H,4-5,7-8H2,1-2H3;1H,2H3. The van der Waals surface area contributed by atoms with E-state index in [0.717, 1.165) is 0 Å². The second-order valence-electron chi connectivity index (χ2n) is 2.63. The summed E-state index contributed by atoms with van der Waals surface area (Å²) in [6.07, 6.45) is 5.21. The minimum Gasteiger partial charge on any atom is -0.396 e. The number of aliphatic hydroxyl groups is 1. The van der Waals surface area contributed by atoms with Gasteiger partial charge in [0.05, 0.1) is 0 Å². The third-order valence-corrected chi connectivity index (χ3v) is 1.49. The van der Waals surface area contributed by atoms with E-state index in [9.17, 15) is 4.79 Å². The van der Waals surface area contributed by atoms with E-state index >= 15 is 0 Å². The van der Waals surface area contributed by atoms with Crippen LogP contribution >= 0.6 is 0 Å². The molecule has 0 saturated heterocycles. The summed E-state index contributed by atoms with van der Waals surface area (Å²) in [4.78, 5) is 12.8. The van der Waals surface area contributed by atoms with Crippen LogP contribution in [0.4, 0.5) is 0 Å². The van der Waals surface area contributed by atoms with Crippen LogP contribution in [0.3, 0.4) is 0 Å². The third-order valence-electron chi connectivity index (χ3n) is 1.49. The first-order valence-corrected chi connectivity index (χ1v) is 4.87. The van der Waals surface area contributed by atoms with Gasteiger partial charge in [0.2, 0.25) is 0 Å². The Morgan fingerprint density at radius 3 is 2.33 bits per heavy atom. The molecule has 0 aromatic rings. The Morgan fingerprint density at radius 1 is 1.47 bits per heavy atom. The number of hydrogen-bond donors (Lipinski definition) is 1. The van der Waals surface area contributed by atoms with E-state index in [1.807, 2.05) is 6.92 Å². The molecule has 0 spiro atoms. The smallest absolute Gasteiger partial charge is 0.298 e. The molecule has 0 rings (SSSR count). The quantitative estimate of drug-likeness (QED) is 0.698. The second-order valence-corrected chi connectivity index (χ2v) is 2.63. The van der Waals surface area contributed by atoms with Crippen molar-refractivity contribution in [3.63, 3.8) is 0 Å². The number of rotatable bonds is 4. The number of amides is 1. The molecule has 0 aliphatic rings. The summed E-state index contributed by atoms with van der Waals surface area (Å²) in [6.45, 7) is 6.53. The second kappa shape index (κ2) is 12.6. The molecule has 84 valence electrons. The van der Waals surface area contributed by atoms with Gasteiger partial charge in [0.25, 0.3) is 5.91 Å². The summed E-state index contributed by atoms with van der Waals surface area (Å²) in [5, 5.41) is 8.55. The Kier molecular flexibility index (Phi) is 13.4. The van der Waals surface area contributed by atoms with E-state index in [-0.39, 0.29) is 12.5 Å². The van der Waals surface area contributed by atoms with Gasteiger partial charge in [-0.15, -0.1) is 12.3 Å². The van der Waals surface area contributed by atoms with Gasteiger partial charge in [0, 0.05) is 19.7 Å². The van der Waals surface area contributed by atoms with Gasteiger partial charge in [-0.2, -0.15) is 0 Å². The average molecular weight is 209 g/mol. The average Bonchev–Trinajstić information content (AvgIpc) is 2.20. The summed E-state index contributed by atoms with van der Waals surface area (Å²) >= 11 is 0. The fourth-order valence-corrected chi connectivity index (χ4v) is 0.851. The summed E-state index contributed by atoms with van der Waals surface area (Å²) in [5.74, 6) is 7.11. The SMILES string of the molecule is C#CC.CC#CC(=O)N(CC)CCCO. The number of nitrogens with zero attached hydrogens (tertiary/aromatic N) is 1. The molecule has 0 fully saturated rings. The highest BCUT2D eigenvalue weighted by molar-refractivity contribution is 5.93. The molecular weight excluding hydrogens is 190 g/mol. The maximum absolute atomic E-state index is 11.2. The van der Waals surface area contributed by atoms with Crippen molar-refractivity contribution in [3.8, 4) is 24.2 Å². The molecule has 3 heteroatoms. The van der Waals surface area contributed by atoms with E-state index in [4.69, 9.17) is 5.11 Å². The van der Waals surface area contributed by atoms with Gasteiger partial charge in [-0.1, -0.05) is 5.92 Å². The van der Waals surface area contributed by atoms with Gasteiger partial charge in [-0.05, 0) is 33.1 Å². The minimum atomic E-state index is -0.159. The number of hydrogen-bond acceptors (Lipinski definition) is 2. The summed E-state index contributed by atoms with van der Waals surface area (Å²) in [7, 11) is 0. The molecule has 1 amide bonds. The topological polar surface area (TPSA) is 40.5 Å². The monoisotopic (exact) mass is 209 g/mol. The van der Waals surface area contributed by atoms with Crippen molar-refractivity contribution in [2.75, 3.05) is 19.7 Å². The van der Waals surface area contributed by atoms with Crippen molar-refractivity contribution in [1.82, 2.24) is 4.90 Å². The molecule has 0 saturated carbocycles. The first-order valence-electron chi connectivity index (χ1n) is 4.87. The van der Waals surface area contributed by atoms with Crippen LogP contribution < -0.4 is 0 Å². The molecule has 0 unspecified atom stereocenters. The molecule has 0 aliphatic carbocycles. The molecule has 0 aliphatic heterocycles. The van der Waals surface area contributed by atoms with E-state index in [2.05, 4.69) is 24.2 Å². The zero-order chi connectivity index (χ0) is 12.1. The molecule has 15 heavy (non-hydrogen) atoms. The highest BCUT2D eigenvalue weighted by Crippen LogP contribution is 1.91. The highest BCUT2D eigenvalue weighted by atomic mass is 16.3. The van der Waals surface area contributed by atoms with Gasteiger partial charge in [-0.3, -0.25) is 4.79 Å². The van der Waals surface area contributed by atoms with E-state index in [1.54, 1.807) is 18.7 Å². The number of aliphatic hydroxyl groups excluding tert-OH is 1. The molecule has 0 aromatic carbocycles. The molecule has 0 bridgehead atoms. The van der Waals surface area contributed by atoms with Crippen LogP contribution in [-0.2, 0) is 4.79 Å². The zero-order valence-electron chi connectivity index (χ0n) is 9.71. The molecule has 0 heterocycles. The van der Waals surface area contributed by atoms with Gasteiger partial charge in [0.15, 0.2) is 0 Å². The number of terminal acetylenes is 1. The molecule has 0 radical (unpaired) electrons. The van der Waals surface area contributed by atoms with E-state index in [1.165, 1.54) is 0 Å². The van der Waals surface area contributed by atoms with E-state index in [0.29, 0.717) is 19.5 Å². The predicted molar refractivity (Wildman–Crippen MR) is 61.9 cm³/mol. The lowest BCUT2D eigenvalue weighted by Gasteiger charge is -2.16. The summed E-state index contributed by atoms with van der Waals surface area (Å²) in [6, 6.07) is 0. The van der Waals surface area contributed by atoms with Gasteiger partial charge >= 0.3 is 0 Å². The largest absolute Gasteiger partial charge is 0.396 e. The highest BCUT2D eigenvalue weighted by Gasteiger charge is 2.06. The van der Waals surface area contributed by atoms with E-state index < -0.39 is 0 Å². The number of carbonyl (C=O) groups is 1. The lowest BCUT2D eigenvalue weighted by atomic mass is 10.3. The predicted octanol–water partition coefficient (Wildman–Crippen LogP) is 0.880. The van der Waals surface area contributed by atoms with Crippen molar-refractivity contribution in [2.24, 2.45) is 0 Å². The minimum absolute atomic E-state index is 0.114. The van der Waals surface area contributed by atoms with Crippen molar-refractivity contribution >= 4 is 5.91 Å². The van der Waals surface area contributed by atoms with Crippen LogP contribution in [0.2, 0.25) is 0 Å². The molecular formula is C12H19NO2. The van der Waals surface area contributed by atoms with Crippen LogP contribution in [0.5, 0.6) is 0 Å². The summed E-state index contributed by atoms with van der Waals surface area (Å²) < 4.78 is 0. The molecule has 0 aromatic heterocycles. The Bertz CT molecular complexity index is 255. The lowest BCUT2D eigenvalue weighted by molar-refractivity contribution is -0.125. The van der Waals surface area contributed by atoms with Crippen LogP contribution in [0.1, 0.15) is 27.2 Å². The lowest BCUT2D eigenvalue weighted by Crippen LogP contribution is -2.30. The molecule has 3 nitrogen and oxygen atoms in total. The summed E-state index contributed by atoms with van der Waals surface area (Å²) in [5.41, 5.74) is 0. The van der Waals surface area contributed by atoms with Crippen molar-refractivity contribution in [2.45, 2.75) is 27.2 Å². The number of carbonyl (C=O) groups excluding carboxylic acids is 1. The van der Waals surface area contributed by atoms with Crippen molar-refractivity contribution in [1.29, 1.82) is 0 Å². The third kappa shape index (κ3) is 10.5. The first-order chi connectivity index (χ1) is 7.17. The maximum atomic E-state index is 11.2. The van der Waals surface area contributed by atoms with Crippen LogP contribution in [-0.4, -0.2) is 35.6 Å². The fraction of sp³-hybridized carbons (Fsp3) is 0.583. The van der Waals surface area contributed by atoms with Gasteiger partial charge in [0.1, 0.15) is 0 Å². The normalized spacial score (nSPS) is 7.40. The maximum Gasteiger partial charge on any atom is 0.298 e. The Balaban J connectivity index is 0. The van der Waals surface area contributed by atoms with Gasteiger partial charge < -0.3 is 10.0 Å². The molecule has 0 atom stereocenters. The Hall–Kier alpha value is -1.45. The molecule has 1 N–H and O–H groups in total. The van der Waals surface area contributed by atoms with Gasteiger partial charge in [-0.25, -0.2) is 0 Å². The van der Waals surface area contributed by atoms with Crippen molar-refractivity contribution in [3.05, 3.63) is 0 Å². The first kappa shape index (κ1) is 16.0. The Labute approximate surface area is 92.5 Å². The Morgan fingerprint density at radius 2 is 2.00 bits per heavy atom.